The molecular formula is C25H23Cl4N3O4. The summed E-state index contributed by atoms with van der Waals surface area (Å²) in [4.78, 5) is 28.8. The SMILES string of the molecule is Cc1c(Cl)c(C)c(Cl)c(OCC(=O)Nc2ccc(N3CCN(C(=O)c4ccco4)CC3)c(Cl)c2)c1Cl. The fraction of sp³-hybridized carbons (Fsp3) is 0.280. The van der Waals surface area contributed by atoms with Gasteiger partial charge in [0.2, 0.25) is 0 Å². The van der Waals surface area contributed by atoms with Gasteiger partial charge in [0.15, 0.2) is 18.1 Å². The summed E-state index contributed by atoms with van der Waals surface area (Å²) >= 11 is 25.4. The molecule has 2 amide bonds. The van der Waals surface area contributed by atoms with Crippen LogP contribution in [-0.4, -0.2) is 49.5 Å². The molecule has 3 aromatic rings. The second kappa shape index (κ2) is 11.2. The number of rotatable bonds is 6. The van der Waals surface area contributed by atoms with Gasteiger partial charge in [-0.2, -0.15) is 0 Å². The molecule has 1 aliphatic heterocycles. The van der Waals surface area contributed by atoms with E-state index >= 15 is 0 Å². The second-order valence-corrected chi connectivity index (χ2v) is 9.82. The number of nitrogens with one attached hydrogen (secondary N) is 1. The molecule has 0 radical (unpaired) electrons. The van der Waals surface area contributed by atoms with Gasteiger partial charge in [-0.05, 0) is 55.3 Å². The molecule has 0 saturated carbocycles. The van der Waals surface area contributed by atoms with Gasteiger partial charge in [0.05, 0.1) is 27.0 Å². The Labute approximate surface area is 228 Å². The standard InChI is InChI=1S/C25H23Cl4N3O4/c1-14-21(27)15(2)23(29)24(22(14)28)36-13-20(33)30-16-5-6-18(17(26)12-16)31-7-9-32(10-8-31)25(34)19-4-3-11-35-19/h3-6,11-12H,7-10,13H2,1-2H3,(H,30,33). The highest BCUT2D eigenvalue weighted by atomic mass is 35.5. The van der Waals surface area contributed by atoms with Crippen molar-refractivity contribution < 1.29 is 18.7 Å². The van der Waals surface area contributed by atoms with Crippen LogP contribution < -0.4 is 15.0 Å². The Balaban J connectivity index is 1.34. The number of halogens is 4. The molecule has 0 atom stereocenters. The fourth-order valence-corrected chi connectivity index (χ4v) is 5.04. The highest BCUT2D eigenvalue weighted by Crippen LogP contribution is 2.42. The third-order valence-corrected chi connectivity index (χ3v) is 7.71. The van der Waals surface area contributed by atoms with Crippen molar-refractivity contribution in [1.29, 1.82) is 0 Å². The first-order valence-electron chi connectivity index (χ1n) is 11.1. The van der Waals surface area contributed by atoms with Gasteiger partial charge < -0.3 is 24.3 Å². The number of carbonyl (C=O) groups is 2. The quantitative estimate of drug-likeness (QED) is 0.366. The first-order chi connectivity index (χ1) is 17.2. The Morgan fingerprint density at radius 2 is 1.64 bits per heavy atom. The van der Waals surface area contributed by atoms with Gasteiger partial charge in [0, 0.05) is 36.9 Å². The molecule has 190 valence electrons. The van der Waals surface area contributed by atoms with Crippen molar-refractivity contribution in [3.8, 4) is 5.75 Å². The molecular weight excluding hydrogens is 548 g/mol. The second-order valence-electron chi connectivity index (χ2n) is 8.28. The van der Waals surface area contributed by atoms with E-state index in [2.05, 4.69) is 10.2 Å². The van der Waals surface area contributed by atoms with Crippen molar-refractivity contribution in [1.82, 2.24) is 4.90 Å². The molecule has 0 aliphatic carbocycles. The van der Waals surface area contributed by atoms with Crippen molar-refractivity contribution in [2.24, 2.45) is 0 Å². The Morgan fingerprint density at radius 3 is 2.22 bits per heavy atom. The number of benzene rings is 2. The van der Waals surface area contributed by atoms with Crippen LogP contribution in [0.15, 0.2) is 41.0 Å². The van der Waals surface area contributed by atoms with Crippen LogP contribution in [0.25, 0.3) is 0 Å². The van der Waals surface area contributed by atoms with Crippen LogP contribution in [-0.2, 0) is 4.79 Å². The molecule has 4 rings (SSSR count). The summed E-state index contributed by atoms with van der Waals surface area (Å²) in [6, 6.07) is 8.62. The number of piperazine rings is 1. The number of carbonyl (C=O) groups excluding carboxylic acids is 2. The van der Waals surface area contributed by atoms with Crippen molar-refractivity contribution >= 4 is 69.6 Å². The summed E-state index contributed by atoms with van der Waals surface area (Å²) in [7, 11) is 0. The highest BCUT2D eigenvalue weighted by molar-refractivity contribution is 6.42. The Hall–Kier alpha value is -2.58. The number of ether oxygens (including phenoxy) is 1. The molecule has 2 aromatic carbocycles. The van der Waals surface area contributed by atoms with E-state index in [0.29, 0.717) is 58.8 Å². The van der Waals surface area contributed by atoms with Gasteiger partial charge in [0.1, 0.15) is 0 Å². The summed E-state index contributed by atoms with van der Waals surface area (Å²) < 4.78 is 10.8. The van der Waals surface area contributed by atoms with Gasteiger partial charge in [-0.15, -0.1) is 0 Å². The fourth-order valence-electron chi connectivity index (χ4n) is 3.92. The summed E-state index contributed by atoms with van der Waals surface area (Å²) in [6.07, 6.45) is 1.49. The normalized spacial score (nSPS) is 13.6. The first kappa shape index (κ1) is 26.5. The zero-order valence-electron chi connectivity index (χ0n) is 19.5. The summed E-state index contributed by atoms with van der Waals surface area (Å²) in [6.45, 7) is 5.52. The molecule has 1 aromatic heterocycles. The van der Waals surface area contributed by atoms with Gasteiger partial charge in [-0.1, -0.05) is 46.4 Å². The monoisotopic (exact) mass is 569 g/mol. The molecule has 0 bridgehead atoms. The van der Waals surface area contributed by atoms with Gasteiger partial charge in [-0.25, -0.2) is 0 Å². The van der Waals surface area contributed by atoms with Crippen LogP contribution in [0.2, 0.25) is 20.1 Å². The number of amides is 2. The van der Waals surface area contributed by atoms with Crippen LogP contribution >= 0.6 is 46.4 Å². The maximum Gasteiger partial charge on any atom is 0.289 e. The Bertz CT molecular complexity index is 1260. The third kappa shape index (κ3) is 5.54. The van der Waals surface area contributed by atoms with E-state index in [1.165, 1.54) is 6.26 Å². The zero-order chi connectivity index (χ0) is 26.0. The molecule has 0 unspecified atom stereocenters. The lowest BCUT2D eigenvalue weighted by molar-refractivity contribution is -0.118. The van der Waals surface area contributed by atoms with Crippen LogP contribution in [0, 0.1) is 13.8 Å². The van der Waals surface area contributed by atoms with Crippen LogP contribution in [0.5, 0.6) is 5.75 Å². The third-order valence-electron chi connectivity index (χ3n) is 5.93. The summed E-state index contributed by atoms with van der Waals surface area (Å²) in [5.74, 6) is 0.0150. The molecule has 1 fully saturated rings. The average molecular weight is 571 g/mol. The smallest absolute Gasteiger partial charge is 0.289 e. The van der Waals surface area contributed by atoms with E-state index in [4.69, 9.17) is 55.6 Å². The van der Waals surface area contributed by atoms with Gasteiger partial charge >= 0.3 is 0 Å². The molecule has 1 saturated heterocycles. The van der Waals surface area contributed by atoms with E-state index in [-0.39, 0.29) is 28.3 Å². The van der Waals surface area contributed by atoms with Crippen molar-refractivity contribution in [2.75, 3.05) is 43.0 Å². The van der Waals surface area contributed by atoms with Crippen molar-refractivity contribution in [3.05, 3.63) is 73.6 Å². The molecule has 2 heterocycles. The summed E-state index contributed by atoms with van der Waals surface area (Å²) in [5.41, 5.74) is 2.60. The van der Waals surface area contributed by atoms with E-state index in [0.717, 1.165) is 5.69 Å². The largest absolute Gasteiger partial charge is 0.481 e. The molecule has 1 aliphatic rings. The lowest BCUT2D eigenvalue weighted by atomic mass is 10.1. The van der Waals surface area contributed by atoms with E-state index < -0.39 is 5.91 Å². The lowest BCUT2D eigenvalue weighted by Gasteiger charge is -2.36. The lowest BCUT2D eigenvalue weighted by Crippen LogP contribution is -2.48. The summed E-state index contributed by atoms with van der Waals surface area (Å²) in [5, 5.41) is 4.23. The minimum Gasteiger partial charge on any atom is -0.481 e. The number of furan rings is 1. The molecule has 1 N–H and O–H groups in total. The zero-order valence-corrected chi connectivity index (χ0v) is 22.6. The average Bonchev–Trinajstić information content (AvgIpc) is 3.41. The Morgan fingerprint density at radius 1 is 0.972 bits per heavy atom. The maximum atomic E-state index is 12.5. The van der Waals surface area contributed by atoms with E-state index in [9.17, 15) is 9.59 Å². The first-order valence-corrected chi connectivity index (χ1v) is 12.6. The topological polar surface area (TPSA) is 75.0 Å². The molecule has 7 nitrogen and oxygen atoms in total. The van der Waals surface area contributed by atoms with Crippen LogP contribution in [0.1, 0.15) is 21.7 Å². The maximum absolute atomic E-state index is 12.5. The van der Waals surface area contributed by atoms with Crippen molar-refractivity contribution in [2.45, 2.75) is 13.8 Å². The van der Waals surface area contributed by atoms with Crippen molar-refractivity contribution in [3.63, 3.8) is 0 Å². The number of hydrogen-bond donors (Lipinski definition) is 1. The van der Waals surface area contributed by atoms with E-state index in [1.54, 1.807) is 43.0 Å². The van der Waals surface area contributed by atoms with Gasteiger partial charge in [-0.3, -0.25) is 9.59 Å². The number of anilines is 2. The molecule has 11 heteroatoms. The Kier molecular flexibility index (Phi) is 8.25. The van der Waals surface area contributed by atoms with E-state index in [1.807, 2.05) is 6.07 Å². The molecule has 36 heavy (non-hydrogen) atoms. The van der Waals surface area contributed by atoms with Gasteiger partial charge in [0.25, 0.3) is 11.8 Å². The predicted octanol–water partition coefficient (Wildman–Crippen LogP) is 6.49. The number of hydrogen-bond acceptors (Lipinski definition) is 5. The minimum atomic E-state index is -0.402. The van der Waals surface area contributed by atoms with Crippen LogP contribution in [0.4, 0.5) is 11.4 Å². The predicted molar refractivity (Wildman–Crippen MR) is 143 cm³/mol. The number of nitrogens with zero attached hydrogens (tertiary/aromatic N) is 2. The molecule has 0 spiro atoms. The minimum absolute atomic E-state index is 0.127. The highest BCUT2D eigenvalue weighted by Gasteiger charge is 2.25. The van der Waals surface area contributed by atoms with Crippen LogP contribution in [0.3, 0.4) is 0 Å².